The lowest BCUT2D eigenvalue weighted by molar-refractivity contribution is 0.390. The Kier molecular flexibility index (Phi) is 16.2. The molecule has 0 radical (unpaired) electrons. The summed E-state index contributed by atoms with van der Waals surface area (Å²) in [5.41, 5.74) is 5.55. The molecule has 0 saturated heterocycles. The van der Waals surface area contributed by atoms with E-state index in [1.165, 1.54) is 83.6 Å². The fraction of sp³-hybridized carbons (Fsp3) is 1.00. The van der Waals surface area contributed by atoms with E-state index < -0.39 is 0 Å². The van der Waals surface area contributed by atoms with Crippen molar-refractivity contribution in [2.75, 3.05) is 20.1 Å². The molecule has 0 bridgehead atoms. The van der Waals surface area contributed by atoms with Crippen LogP contribution in [0.5, 0.6) is 0 Å². The zero-order chi connectivity index (χ0) is 15.8. The Labute approximate surface area is 134 Å². The summed E-state index contributed by atoms with van der Waals surface area (Å²) in [5.74, 6) is 1.86. The van der Waals surface area contributed by atoms with Gasteiger partial charge >= 0.3 is 0 Å². The van der Waals surface area contributed by atoms with Gasteiger partial charge in [-0.05, 0) is 44.8 Å². The second-order valence-corrected chi connectivity index (χ2v) is 6.90. The summed E-state index contributed by atoms with van der Waals surface area (Å²) in [5, 5.41) is 3.25. The number of nitrogens with two attached hydrogens (primary N) is 1. The Morgan fingerprint density at radius 3 is 1.90 bits per heavy atom. The molecule has 2 unspecified atom stereocenters. The van der Waals surface area contributed by atoms with Gasteiger partial charge in [0.1, 0.15) is 0 Å². The fourth-order valence-electron chi connectivity index (χ4n) is 3.12. The summed E-state index contributed by atoms with van der Waals surface area (Å²) < 4.78 is 0. The van der Waals surface area contributed by atoms with E-state index in [-0.39, 0.29) is 0 Å². The van der Waals surface area contributed by atoms with Gasteiger partial charge < -0.3 is 11.1 Å². The Morgan fingerprint density at radius 2 is 1.38 bits per heavy atom. The summed E-state index contributed by atoms with van der Waals surface area (Å²) in [4.78, 5) is 0. The highest BCUT2D eigenvalue weighted by atomic mass is 14.8. The minimum Gasteiger partial charge on any atom is -0.330 e. The highest BCUT2D eigenvalue weighted by Gasteiger charge is 2.06. The summed E-state index contributed by atoms with van der Waals surface area (Å²) in [7, 11) is 2.05. The van der Waals surface area contributed by atoms with Crippen LogP contribution in [0.4, 0.5) is 0 Å². The molecule has 0 aromatic carbocycles. The number of hydrogen-bond acceptors (Lipinski definition) is 2. The van der Waals surface area contributed by atoms with Crippen LogP contribution in [-0.2, 0) is 0 Å². The third-order valence-electron chi connectivity index (χ3n) is 4.84. The lowest BCUT2D eigenvalue weighted by atomic mass is 9.92. The standard InChI is InChI=1S/C19H42N2/c1-4-19(14-10-7-11-16-20)13-9-6-5-8-12-18(2)15-17-21-3/h18-19,21H,4-17,20H2,1-3H3. The van der Waals surface area contributed by atoms with Crippen LogP contribution in [0.15, 0.2) is 0 Å². The summed E-state index contributed by atoms with van der Waals surface area (Å²) in [6, 6.07) is 0. The molecule has 3 N–H and O–H groups in total. The third kappa shape index (κ3) is 14.6. The monoisotopic (exact) mass is 298 g/mol. The lowest BCUT2D eigenvalue weighted by Gasteiger charge is -2.15. The molecule has 0 spiro atoms. The first-order chi connectivity index (χ1) is 10.2. The van der Waals surface area contributed by atoms with Crippen LogP contribution in [0.3, 0.4) is 0 Å². The van der Waals surface area contributed by atoms with Gasteiger partial charge in [0, 0.05) is 0 Å². The van der Waals surface area contributed by atoms with Crippen molar-refractivity contribution in [1.82, 2.24) is 5.32 Å². The van der Waals surface area contributed by atoms with E-state index in [1.54, 1.807) is 0 Å². The number of unbranched alkanes of at least 4 members (excludes halogenated alkanes) is 5. The second-order valence-electron chi connectivity index (χ2n) is 6.90. The van der Waals surface area contributed by atoms with Crippen molar-refractivity contribution in [2.24, 2.45) is 17.6 Å². The maximum atomic E-state index is 5.55. The maximum absolute atomic E-state index is 5.55. The van der Waals surface area contributed by atoms with E-state index in [9.17, 15) is 0 Å². The van der Waals surface area contributed by atoms with Gasteiger partial charge in [-0.15, -0.1) is 0 Å². The van der Waals surface area contributed by atoms with Crippen molar-refractivity contribution < 1.29 is 0 Å². The van der Waals surface area contributed by atoms with Crippen LogP contribution in [-0.4, -0.2) is 20.1 Å². The average Bonchev–Trinajstić information content (AvgIpc) is 2.50. The molecule has 0 heterocycles. The number of rotatable bonds is 16. The fourth-order valence-corrected chi connectivity index (χ4v) is 3.12. The molecular formula is C19H42N2. The van der Waals surface area contributed by atoms with E-state index in [0.29, 0.717) is 0 Å². The molecule has 0 saturated carbocycles. The van der Waals surface area contributed by atoms with E-state index in [2.05, 4.69) is 19.2 Å². The number of hydrogen-bond donors (Lipinski definition) is 2. The van der Waals surface area contributed by atoms with Crippen LogP contribution in [0.1, 0.15) is 90.9 Å². The van der Waals surface area contributed by atoms with Gasteiger partial charge in [0.2, 0.25) is 0 Å². The van der Waals surface area contributed by atoms with E-state index in [0.717, 1.165) is 18.4 Å². The summed E-state index contributed by atoms with van der Waals surface area (Å²) >= 11 is 0. The molecule has 0 amide bonds. The van der Waals surface area contributed by atoms with Gasteiger partial charge in [0.05, 0.1) is 0 Å². The molecule has 0 aliphatic rings. The summed E-state index contributed by atoms with van der Waals surface area (Å²) in [6.45, 7) is 6.79. The third-order valence-corrected chi connectivity index (χ3v) is 4.84. The van der Waals surface area contributed by atoms with Gasteiger partial charge in [-0.25, -0.2) is 0 Å². The van der Waals surface area contributed by atoms with Crippen LogP contribution in [0, 0.1) is 11.8 Å². The normalized spacial score (nSPS) is 14.3. The van der Waals surface area contributed by atoms with Crippen molar-refractivity contribution in [3.8, 4) is 0 Å². The van der Waals surface area contributed by atoms with E-state index in [1.807, 2.05) is 7.05 Å². The minimum absolute atomic E-state index is 0.865. The SMILES string of the molecule is CCC(CCCCCN)CCCCCCC(C)CCNC. The topological polar surface area (TPSA) is 38.0 Å². The zero-order valence-corrected chi connectivity index (χ0v) is 15.1. The first-order valence-electron chi connectivity index (χ1n) is 9.59. The molecule has 2 atom stereocenters. The van der Waals surface area contributed by atoms with Gasteiger partial charge in [-0.2, -0.15) is 0 Å². The predicted octanol–water partition coefficient (Wildman–Crippen LogP) is 5.12. The van der Waals surface area contributed by atoms with E-state index in [4.69, 9.17) is 5.73 Å². The Bertz CT molecular complexity index is 194. The molecule has 0 fully saturated rings. The molecule has 0 rings (SSSR count). The lowest BCUT2D eigenvalue weighted by Crippen LogP contribution is -2.11. The highest BCUT2D eigenvalue weighted by Crippen LogP contribution is 2.21. The average molecular weight is 299 g/mol. The minimum atomic E-state index is 0.865. The number of nitrogens with one attached hydrogen (secondary N) is 1. The molecule has 0 aromatic rings. The van der Waals surface area contributed by atoms with Crippen LogP contribution in [0.2, 0.25) is 0 Å². The van der Waals surface area contributed by atoms with Gasteiger partial charge in [-0.1, -0.05) is 78.1 Å². The smallest absolute Gasteiger partial charge is 0.00494 e. The first kappa shape index (κ1) is 20.9. The van der Waals surface area contributed by atoms with Crippen molar-refractivity contribution in [2.45, 2.75) is 90.9 Å². The van der Waals surface area contributed by atoms with Crippen molar-refractivity contribution in [3.05, 3.63) is 0 Å². The Morgan fingerprint density at radius 1 is 0.810 bits per heavy atom. The maximum Gasteiger partial charge on any atom is -0.00494 e. The Hall–Kier alpha value is -0.0800. The van der Waals surface area contributed by atoms with Crippen LogP contribution < -0.4 is 11.1 Å². The van der Waals surface area contributed by atoms with Crippen LogP contribution in [0.25, 0.3) is 0 Å². The Balaban J connectivity index is 3.38. The summed E-state index contributed by atoms with van der Waals surface area (Å²) in [6.07, 6.45) is 16.7. The molecule has 21 heavy (non-hydrogen) atoms. The molecule has 128 valence electrons. The molecule has 2 nitrogen and oxygen atoms in total. The van der Waals surface area contributed by atoms with Crippen molar-refractivity contribution in [3.63, 3.8) is 0 Å². The molecule has 0 aliphatic carbocycles. The highest BCUT2D eigenvalue weighted by molar-refractivity contribution is 4.60. The predicted molar refractivity (Wildman–Crippen MR) is 96.7 cm³/mol. The molecular weight excluding hydrogens is 256 g/mol. The van der Waals surface area contributed by atoms with Gasteiger partial charge in [-0.3, -0.25) is 0 Å². The molecule has 2 heteroatoms. The van der Waals surface area contributed by atoms with Crippen molar-refractivity contribution >= 4 is 0 Å². The quantitative estimate of drug-likeness (QED) is 0.388. The van der Waals surface area contributed by atoms with Gasteiger partial charge in [0.15, 0.2) is 0 Å². The largest absolute Gasteiger partial charge is 0.330 e. The molecule has 0 aromatic heterocycles. The molecule has 0 aliphatic heterocycles. The zero-order valence-electron chi connectivity index (χ0n) is 15.1. The van der Waals surface area contributed by atoms with Crippen molar-refractivity contribution in [1.29, 1.82) is 0 Å². The van der Waals surface area contributed by atoms with Crippen LogP contribution >= 0.6 is 0 Å². The first-order valence-corrected chi connectivity index (χ1v) is 9.59. The van der Waals surface area contributed by atoms with Gasteiger partial charge in [0.25, 0.3) is 0 Å². The second kappa shape index (κ2) is 16.3. The van der Waals surface area contributed by atoms with E-state index >= 15 is 0 Å².